The van der Waals surface area contributed by atoms with Gasteiger partial charge >= 0.3 is 0 Å². The predicted molar refractivity (Wildman–Crippen MR) is 70.2 cm³/mol. The zero-order valence-corrected chi connectivity index (χ0v) is 10.4. The molecule has 0 spiro atoms. The van der Waals surface area contributed by atoms with E-state index in [2.05, 4.69) is 0 Å². The minimum Gasteiger partial charge on any atom is -0.309 e. The van der Waals surface area contributed by atoms with Crippen molar-refractivity contribution in [2.75, 3.05) is 11.4 Å². The Hall–Kier alpha value is -2.23. The molecule has 2 nitrogen and oxygen atoms in total. The molecule has 0 aliphatic rings. The summed E-state index contributed by atoms with van der Waals surface area (Å²) in [7, 11) is 0. The highest BCUT2D eigenvalue weighted by molar-refractivity contribution is 6.06. The van der Waals surface area contributed by atoms with Crippen molar-refractivity contribution in [2.45, 2.75) is 6.92 Å². The van der Waals surface area contributed by atoms with Gasteiger partial charge in [0, 0.05) is 17.8 Å². The number of carbonyl (C=O) groups excluding carboxylic acids is 1. The van der Waals surface area contributed by atoms with Gasteiger partial charge in [0.05, 0.1) is 0 Å². The van der Waals surface area contributed by atoms with Gasteiger partial charge in [-0.05, 0) is 55.5 Å². The lowest BCUT2D eigenvalue weighted by atomic mass is 10.1. The van der Waals surface area contributed by atoms with Crippen molar-refractivity contribution < 1.29 is 13.6 Å². The van der Waals surface area contributed by atoms with E-state index in [1.807, 2.05) is 6.92 Å². The van der Waals surface area contributed by atoms with Crippen LogP contribution in [0.5, 0.6) is 0 Å². The minimum absolute atomic E-state index is 0.242. The van der Waals surface area contributed by atoms with Crippen molar-refractivity contribution >= 4 is 11.6 Å². The largest absolute Gasteiger partial charge is 0.309 e. The molecule has 0 bridgehead atoms. The zero-order chi connectivity index (χ0) is 13.8. The van der Waals surface area contributed by atoms with Gasteiger partial charge in [-0.15, -0.1) is 0 Å². The second-order valence-corrected chi connectivity index (χ2v) is 4.03. The maximum atomic E-state index is 12.9. The van der Waals surface area contributed by atoms with Crippen molar-refractivity contribution in [3.8, 4) is 0 Å². The van der Waals surface area contributed by atoms with E-state index in [0.29, 0.717) is 17.8 Å². The van der Waals surface area contributed by atoms with Crippen LogP contribution in [0.3, 0.4) is 0 Å². The normalized spacial score (nSPS) is 10.3. The Morgan fingerprint density at radius 3 is 1.89 bits per heavy atom. The van der Waals surface area contributed by atoms with Crippen molar-refractivity contribution in [1.29, 1.82) is 0 Å². The first-order valence-electron chi connectivity index (χ1n) is 5.95. The number of amides is 1. The summed E-state index contributed by atoms with van der Waals surface area (Å²) in [6.07, 6.45) is 0. The second kappa shape index (κ2) is 5.61. The molecular weight excluding hydrogens is 248 g/mol. The van der Waals surface area contributed by atoms with Crippen LogP contribution in [0.2, 0.25) is 0 Å². The van der Waals surface area contributed by atoms with Crippen LogP contribution >= 0.6 is 0 Å². The molecule has 0 atom stereocenters. The Bertz CT molecular complexity index is 564. The molecule has 4 heteroatoms. The summed E-state index contributed by atoms with van der Waals surface area (Å²) in [5.41, 5.74) is 1.01. The average molecular weight is 261 g/mol. The maximum absolute atomic E-state index is 12.9. The van der Waals surface area contributed by atoms with Gasteiger partial charge in [-0.2, -0.15) is 0 Å². The third kappa shape index (κ3) is 2.96. The van der Waals surface area contributed by atoms with Crippen molar-refractivity contribution in [2.24, 2.45) is 0 Å². The van der Waals surface area contributed by atoms with E-state index in [1.54, 1.807) is 12.1 Å². The molecule has 0 radical (unpaired) electrons. The number of carbonyl (C=O) groups is 1. The van der Waals surface area contributed by atoms with E-state index in [0.717, 1.165) is 0 Å². The molecule has 0 fully saturated rings. The van der Waals surface area contributed by atoms with E-state index >= 15 is 0 Å². The Morgan fingerprint density at radius 2 is 1.42 bits per heavy atom. The number of hydrogen-bond acceptors (Lipinski definition) is 1. The van der Waals surface area contributed by atoms with Gasteiger partial charge < -0.3 is 4.90 Å². The highest BCUT2D eigenvalue weighted by atomic mass is 19.1. The Kier molecular flexibility index (Phi) is 3.90. The molecule has 2 rings (SSSR count). The molecule has 2 aromatic rings. The van der Waals surface area contributed by atoms with E-state index in [9.17, 15) is 13.6 Å². The van der Waals surface area contributed by atoms with Gasteiger partial charge in [0.15, 0.2) is 0 Å². The maximum Gasteiger partial charge on any atom is 0.258 e. The van der Waals surface area contributed by atoms with Gasteiger partial charge in [-0.3, -0.25) is 4.79 Å². The standard InChI is InChI=1S/C15H13F2NO/c1-2-18(14-9-7-13(17)8-10-14)15(19)11-3-5-12(16)6-4-11/h3-10H,2H2,1H3. The summed E-state index contributed by atoms with van der Waals surface area (Å²) in [6, 6.07) is 11.0. The molecule has 0 saturated heterocycles. The van der Waals surface area contributed by atoms with E-state index < -0.39 is 0 Å². The molecular formula is C15H13F2NO. The third-order valence-corrected chi connectivity index (χ3v) is 2.79. The molecule has 98 valence electrons. The molecule has 0 aliphatic carbocycles. The Morgan fingerprint density at radius 1 is 0.947 bits per heavy atom. The van der Waals surface area contributed by atoms with Crippen LogP contribution in [-0.4, -0.2) is 12.5 Å². The highest BCUT2D eigenvalue weighted by Gasteiger charge is 2.15. The lowest BCUT2D eigenvalue weighted by Crippen LogP contribution is -2.30. The van der Waals surface area contributed by atoms with Gasteiger partial charge in [0.25, 0.3) is 5.91 Å². The van der Waals surface area contributed by atoms with E-state index in [1.165, 1.54) is 41.3 Å². The van der Waals surface area contributed by atoms with Crippen LogP contribution in [0.15, 0.2) is 48.5 Å². The first-order valence-corrected chi connectivity index (χ1v) is 5.95. The van der Waals surface area contributed by atoms with E-state index in [-0.39, 0.29) is 17.5 Å². The van der Waals surface area contributed by atoms with Gasteiger partial charge in [0.1, 0.15) is 11.6 Å². The first kappa shape index (κ1) is 13.2. The molecule has 1 amide bonds. The summed E-state index contributed by atoms with van der Waals surface area (Å²) < 4.78 is 25.7. The Balaban J connectivity index is 2.29. The first-order chi connectivity index (χ1) is 9.11. The van der Waals surface area contributed by atoms with Crippen molar-refractivity contribution in [1.82, 2.24) is 0 Å². The van der Waals surface area contributed by atoms with Crippen LogP contribution in [-0.2, 0) is 0 Å². The number of nitrogens with zero attached hydrogens (tertiary/aromatic N) is 1. The van der Waals surface area contributed by atoms with Crippen LogP contribution in [0.1, 0.15) is 17.3 Å². The fourth-order valence-electron chi connectivity index (χ4n) is 1.81. The SMILES string of the molecule is CCN(C(=O)c1ccc(F)cc1)c1ccc(F)cc1. The van der Waals surface area contributed by atoms with Crippen LogP contribution in [0.4, 0.5) is 14.5 Å². The third-order valence-electron chi connectivity index (χ3n) is 2.79. The quantitative estimate of drug-likeness (QED) is 0.826. The molecule has 0 aromatic heterocycles. The van der Waals surface area contributed by atoms with Crippen molar-refractivity contribution in [3.05, 3.63) is 65.7 Å². The number of anilines is 1. The molecule has 2 aromatic carbocycles. The zero-order valence-electron chi connectivity index (χ0n) is 10.4. The molecule has 0 heterocycles. The summed E-state index contributed by atoms with van der Waals surface area (Å²) in [6.45, 7) is 2.27. The summed E-state index contributed by atoms with van der Waals surface area (Å²) in [5, 5.41) is 0. The highest BCUT2D eigenvalue weighted by Crippen LogP contribution is 2.17. The number of rotatable bonds is 3. The van der Waals surface area contributed by atoms with Gasteiger partial charge in [-0.25, -0.2) is 8.78 Å². The lowest BCUT2D eigenvalue weighted by molar-refractivity contribution is 0.0988. The van der Waals surface area contributed by atoms with Gasteiger partial charge in [-0.1, -0.05) is 0 Å². The smallest absolute Gasteiger partial charge is 0.258 e. The molecule has 0 saturated carbocycles. The monoisotopic (exact) mass is 261 g/mol. The second-order valence-electron chi connectivity index (χ2n) is 4.03. The number of benzene rings is 2. The fourth-order valence-corrected chi connectivity index (χ4v) is 1.81. The summed E-state index contributed by atoms with van der Waals surface area (Å²) in [4.78, 5) is 13.8. The number of halogens is 2. The fraction of sp³-hybridized carbons (Fsp3) is 0.133. The van der Waals surface area contributed by atoms with Crippen LogP contribution < -0.4 is 4.90 Å². The molecule has 0 unspecified atom stereocenters. The Labute approximate surface area is 110 Å². The average Bonchev–Trinajstić information content (AvgIpc) is 2.42. The van der Waals surface area contributed by atoms with E-state index in [4.69, 9.17) is 0 Å². The van der Waals surface area contributed by atoms with Crippen molar-refractivity contribution in [3.63, 3.8) is 0 Å². The number of hydrogen-bond donors (Lipinski definition) is 0. The molecule has 0 N–H and O–H groups in total. The summed E-state index contributed by atoms with van der Waals surface area (Å²) in [5.74, 6) is -0.982. The molecule has 0 aliphatic heterocycles. The van der Waals surface area contributed by atoms with Gasteiger partial charge in [0.2, 0.25) is 0 Å². The van der Waals surface area contributed by atoms with Crippen LogP contribution in [0, 0.1) is 11.6 Å². The topological polar surface area (TPSA) is 20.3 Å². The predicted octanol–water partition coefficient (Wildman–Crippen LogP) is 3.63. The van der Waals surface area contributed by atoms with Crippen LogP contribution in [0.25, 0.3) is 0 Å². The molecule has 19 heavy (non-hydrogen) atoms. The minimum atomic E-state index is -0.388. The summed E-state index contributed by atoms with van der Waals surface area (Å²) >= 11 is 0. The lowest BCUT2D eigenvalue weighted by Gasteiger charge is -2.21.